The Kier molecular flexibility index (Phi) is 9.51. The molecule has 0 bridgehead atoms. The first-order valence-electron chi connectivity index (χ1n) is 10.1. The van der Waals surface area contributed by atoms with Crippen molar-refractivity contribution in [2.24, 2.45) is 0 Å². The molecule has 8 heteroatoms. The van der Waals surface area contributed by atoms with Gasteiger partial charge in [-0.05, 0) is 37.3 Å². The van der Waals surface area contributed by atoms with Crippen molar-refractivity contribution in [3.63, 3.8) is 0 Å². The maximum absolute atomic E-state index is 12.5. The van der Waals surface area contributed by atoms with Crippen molar-refractivity contribution in [3.05, 3.63) is 71.8 Å². The number of aliphatic hydroxyl groups is 1. The number of carboxylic acid groups (broad SMARTS) is 1. The Labute approximate surface area is 181 Å². The molecule has 0 aromatic heterocycles. The average Bonchev–Trinajstić information content (AvgIpc) is 2.76. The van der Waals surface area contributed by atoms with Crippen molar-refractivity contribution in [2.45, 2.75) is 51.0 Å². The summed E-state index contributed by atoms with van der Waals surface area (Å²) in [5.41, 5.74) is 1.84. The Bertz CT molecular complexity index is 842. The van der Waals surface area contributed by atoms with Gasteiger partial charge in [0.1, 0.15) is 18.7 Å². The normalized spacial score (nSPS) is 13.5. The lowest BCUT2D eigenvalue weighted by Gasteiger charge is -2.23. The van der Waals surface area contributed by atoms with Gasteiger partial charge in [-0.15, -0.1) is 0 Å². The van der Waals surface area contributed by atoms with E-state index in [2.05, 4.69) is 10.6 Å². The third-order valence-corrected chi connectivity index (χ3v) is 4.67. The van der Waals surface area contributed by atoms with Crippen LogP contribution in [0.4, 0.5) is 4.79 Å². The summed E-state index contributed by atoms with van der Waals surface area (Å²) < 4.78 is 5.07. The molecule has 0 aliphatic heterocycles. The zero-order valence-corrected chi connectivity index (χ0v) is 17.4. The highest BCUT2D eigenvalue weighted by Gasteiger charge is 2.30. The fourth-order valence-electron chi connectivity index (χ4n) is 2.97. The number of benzene rings is 2. The van der Waals surface area contributed by atoms with Gasteiger partial charge < -0.3 is 25.6 Å². The summed E-state index contributed by atoms with van der Waals surface area (Å²) in [6.45, 7) is 1.32. The zero-order chi connectivity index (χ0) is 22.6. The minimum absolute atomic E-state index is 0.00193. The minimum atomic E-state index is -1.35. The third-order valence-electron chi connectivity index (χ3n) is 4.67. The van der Waals surface area contributed by atoms with Crippen molar-refractivity contribution >= 4 is 18.0 Å². The van der Waals surface area contributed by atoms with E-state index in [1.54, 1.807) is 24.3 Å². The van der Waals surface area contributed by atoms with E-state index in [4.69, 9.17) is 4.74 Å². The SMILES string of the molecule is C[C@@H](O)[C@H](NC(=O)OCc1ccccc1)C(=O)N[C@@H](CCCc1ccccc1)C(=O)O. The Morgan fingerprint density at radius 2 is 1.52 bits per heavy atom. The highest BCUT2D eigenvalue weighted by atomic mass is 16.5. The Morgan fingerprint density at radius 3 is 2.06 bits per heavy atom. The maximum Gasteiger partial charge on any atom is 0.408 e. The molecule has 166 valence electrons. The fraction of sp³-hybridized carbons (Fsp3) is 0.348. The minimum Gasteiger partial charge on any atom is -0.480 e. The van der Waals surface area contributed by atoms with Crippen molar-refractivity contribution in [1.82, 2.24) is 10.6 Å². The van der Waals surface area contributed by atoms with E-state index in [9.17, 15) is 24.6 Å². The third kappa shape index (κ3) is 8.47. The van der Waals surface area contributed by atoms with Crippen molar-refractivity contribution in [2.75, 3.05) is 0 Å². The van der Waals surface area contributed by atoms with E-state index in [1.165, 1.54) is 6.92 Å². The largest absolute Gasteiger partial charge is 0.480 e. The quantitative estimate of drug-likeness (QED) is 0.435. The van der Waals surface area contributed by atoms with Crippen molar-refractivity contribution in [1.29, 1.82) is 0 Å². The van der Waals surface area contributed by atoms with E-state index in [0.717, 1.165) is 11.1 Å². The van der Waals surface area contributed by atoms with Crippen molar-refractivity contribution in [3.8, 4) is 0 Å². The maximum atomic E-state index is 12.5. The van der Waals surface area contributed by atoms with Gasteiger partial charge in [0.15, 0.2) is 0 Å². The molecule has 0 saturated carbocycles. The first-order valence-corrected chi connectivity index (χ1v) is 10.1. The van der Waals surface area contributed by atoms with Gasteiger partial charge in [-0.3, -0.25) is 4.79 Å². The molecule has 0 heterocycles. The Balaban J connectivity index is 1.87. The van der Waals surface area contributed by atoms with Crippen LogP contribution in [-0.4, -0.2) is 46.4 Å². The van der Waals surface area contributed by atoms with Crippen LogP contribution in [0.15, 0.2) is 60.7 Å². The fourth-order valence-corrected chi connectivity index (χ4v) is 2.97. The summed E-state index contributed by atoms with van der Waals surface area (Å²) in [6, 6.07) is 16.1. The molecule has 0 fully saturated rings. The van der Waals surface area contributed by atoms with Crippen LogP contribution in [0.2, 0.25) is 0 Å². The number of hydrogen-bond acceptors (Lipinski definition) is 5. The first kappa shape index (κ1) is 23.9. The summed E-state index contributed by atoms with van der Waals surface area (Å²) >= 11 is 0. The zero-order valence-electron chi connectivity index (χ0n) is 17.4. The van der Waals surface area contributed by atoms with Gasteiger partial charge in [-0.25, -0.2) is 9.59 Å². The number of nitrogens with one attached hydrogen (secondary N) is 2. The number of ether oxygens (including phenoxy) is 1. The molecule has 0 radical (unpaired) electrons. The van der Waals surface area contributed by atoms with E-state index in [0.29, 0.717) is 12.8 Å². The predicted molar refractivity (Wildman–Crippen MR) is 114 cm³/mol. The number of carboxylic acids is 1. The topological polar surface area (TPSA) is 125 Å². The van der Waals surface area contributed by atoms with Crippen molar-refractivity contribution < 1.29 is 29.3 Å². The van der Waals surface area contributed by atoms with Crippen LogP contribution < -0.4 is 10.6 Å². The molecule has 8 nitrogen and oxygen atoms in total. The van der Waals surface area contributed by atoms with E-state index >= 15 is 0 Å². The number of carbonyl (C=O) groups is 3. The van der Waals surface area contributed by atoms with Crippen LogP contribution in [0.1, 0.15) is 30.9 Å². The lowest BCUT2D eigenvalue weighted by molar-refractivity contribution is -0.142. The Morgan fingerprint density at radius 1 is 0.935 bits per heavy atom. The molecule has 2 aromatic carbocycles. The molecule has 2 aromatic rings. The molecule has 0 saturated heterocycles. The molecular formula is C23H28N2O6. The predicted octanol–water partition coefficient (Wildman–Crippen LogP) is 2.25. The summed E-state index contributed by atoms with van der Waals surface area (Å²) in [6.07, 6.45) is -0.706. The number of amides is 2. The number of hydrogen-bond donors (Lipinski definition) is 4. The van der Waals surface area contributed by atoms with Gasteiger partial charge in [0.25, 0.3) is 0 Å². The first-order chi connectivity index (χ1) is 14.9. The lowest BCUT2D eigenvalue weighted by atomic mass is 10.0. The number of rotatable bonds is 11. The second-order valence-electron chi connectivity index (χ2n) is 7.20. The highest BCUT2D eigenvalue weighted by Crippen LogP contribution is 2.08. The molecule has 0 aliphatic rings. The van der Waals surface area contributed by atoms with Gasteiger partial charge in [-0.1, -0.05) is 60.7 Å². The van der Waals surface area contributed by atoms with Crippen LogP contribution in [-0.2, 0) is 27.4 Å². The number of aryl methyl sites for hydroxylation is 1. The Hall–Kier alpha value is -3.39. The molecular weight excluding hydrogens is 400 g/mol. The van der Waals surface area contributed by atoms with Gasteiger partial charge in [0, 0.05) is 0 Å². The molecule has 0 spiro atoms. The average molecular weight is 428 g/mol. The summed E-state index contributed by atoms with van der Waals surface area (Å²) in [5.74, 6) is -1.98. The second kappa shape index (κ2) is 12.3. The van der Waals surface area contributed by atoms with Crippen LogP contribution >= 0.6 is 0 Å². The van der Waals surface area contributed by atoms with E-state index in [1.807, 2.05) is 36.4 Å². The van der Waals surface area contributed by atoms with Gasteiger partial charge in [0.2, 0.25) is 5.91 Å². The number of carbonyl (C=O) groups excluding carboxylic acids is 2. The molecule has 31 heavy (non-hydrogen) atoms. The smallest absolute Gasteiger partial charge is 0.408 e. The van der Waals surface area contributed by atoms with Crippen LogP contribution in [0.25, 0.3) is 0 Å². The molecule has 3 atom stereocenters. The van der Waals surface area contributed by atoms with Crippen LogP contribution in [0.3, 0.4) is 0 Å². The second-order valence-corrected chi connectivity index (χ2v) is 7.20. The number of aliphatic hydroxyl groups excluding tert-OH is 1. The van der Waals surface area contributed by atoms with Crippen LogP contribution in [0.5, 0.6) is 0 Å². The van der Waals surface area contributed by atoms with E-state index in [-0.39, 0.29) is 13.0 Å². The molecule has 0 aliphatic carbocycles. The molecule has 0 unspecified atom stereocenters. The summed E-state index contributed by atoms with van der Waals surface area (Å²) in [4.78, 5) is 36.1. The van der Waals surface area contributed by atoms with Crippen LogP contribution in [0, 0.1) is 0 Å². The summed E-state index contributed by atoms with van der Waals surface area (Å²) in [7, 11) is 0. The number of alkyl carbamates (subject to hydrolysis) is 1. The number of aliphatic carboxylic acids is 1. The van der Waals surface area contributed by atoms with Gasteiger partial charge in [0.05, 0.1) is 6.10 Å². The lowest BCUT2D eigenvalue weighted by Crippen LogP contribution is -2.55. The molecule has 2 rings (SSSR count). The standard InChI is InChI=1S/C23H28N2O6/c1-16(26)20(25-23(30)31-15-18-11-6-3-7-12-18)21(27)24-19(22(28)29)14-8-13-17-9-4-2-5-10-17/h2-7,9-12,16,19-20,26H,8,13-15H2,1H3,(H,24,27)(H,25,30)(H,28,29)/t16-,19+,20+/m1/s1. The molecule has 4 N–H and O–H groups in total. The van der Waals surface area contributed by atoms with E-state index < -0.39 is 36.2 Å². The monoisotopic (exact) mass is 428 g/mol. The summed E-state index contributed by atoms with van der Waals surface area (Å²) in [5, 5.41) is 24.0. The van der Waals surface area contributed by atoms with Gasteiger partial charge >= 0.3 is 12.1 Å². The molecule has 2 amide bonds. The highest BCUT2D eigenvalue weighted by molar-refractivity contribution is 5.89. The van der Waals surface area contributed by atoms with Gasteiger partial charge in [-0.2, -0.15) is 0 Å².